The second kappa shape index (κ2) is 14.2. The number of ether oxygens (including phenoxy) is 5. The summed E-state index contributed by atoms with van der Waals surface area (Å²) in [6, 6.07) is 13.0. The van der Waals surface area contributed by atoms with Crippen LogP contribution in [-0.4, -0.2) is 68.1 Å². The molecule has 3 rings (SSSR count). The Kier molecular flexibility index (Phi) is 11.1. The molecule has 0 bridgehead atoms. The lowest BCUT2D eigenvalue weighted by Crippen LogP contribution is -2.66. The molecular weight excluding hydrogens is 584 g/mol. The maximum Gasteiger partial charge on any atom is 0.303 e. The van der Waals surface area contributed by atoms with Crippen LogP contribution in [0.25, 0.3) is 0 Å². The Hall–Kier alpha value is -3.98. The minimum Gasteiger partial charge on any atom is -0.463 e. The van der Waals surface area contributed by atoms with Crippen LogP contribution in [0.15, 0.2) is 42.5 Å². The fourth-order valence-corrected chi connectivity index (χ4v) is 5.30. The van der Waals surface area contributed by atoms with Crippen LogP contribution in [0.4, 0.5) is 0 Å². The number of hydrogen-bond acceptors (Lipinski definition) is 10. The molecule has 0 aliphatic carbocycles. The summed E-state index contributed by atoms with van der Waals surface area (Å²) in [6.45, 7) is 12.6. The number of aliphatic hydroxyl groups is 1. The summed E-state index contributed by atoms with van der Waals surface area (Å²) in [5, 5.41) is 12.2. The number of carbonyl (C=O) groups excluding carboxylic acids is 4. The molecule has 1 aliphatic rings. The molecule has 1 saturated heterocycles. The second-order valence-corrected chi connectivity index (χ2v) is 16.6. The first kappa shape index (κ1) is 34.5. The van der Waals surface area contributed by atoms with E-state index in [0.717, 1.165) is 43.0 Å². The van der Waals surface area contributed by atoms with E-state index in [2.05, 4.69) is 31.1 Å². The monoisotopic (exact) mass is 624 g/mol. The molecule has 44 heavy (non-hydrogen) atoms. The third-order valence-electron chi connectivity index (χ3n) is 6.75. The Balaban J connectivity index is 2.08. The van der Waals surface area contributed by atoms with E-state index in [9.17, 15) is 24.3 Å². The molecule has 2 aromatic carbocycles. The number of rotatable bonds is 8. The van der Waals surface area contributed by atoms with Gasteiger partial charge in [0, 0.05) is 38.8 Å². The third kappa shape index (κ3) is 9.26. The van der Waals surface area contributed by atoms with E-state index in [0.29, 0.717) is 6.42 Å². The van der Waals surface area contributed by atoms with Crippen molar-refractivity contribution in [3.05, 3.63) is 70.3 Å². The van der Waals surface area contributed by atoms with Crippen LogP contribution >= 0.6 is 0 Å². The third-order valence-corrected chi connectivity index (χ3v) is 7.62. The molecule has 0 unspecified atom stereocenters. The number of carbonyl (C=O) groups is 4. The molecule has 0 radical (unpaired) electrons. The summed E-state index contributed by atoms with van der Waals surface area (Å²) in [6.07, 6.45) is -5.34. The van der Waals surface area contributed by atoms with Gasteiger partial charge in [-0.05, 0) is 48.2 Å². The molecule has 5 atom stereocenters. The van der Waals surface area contributed by atoms with Gasteiger partial charge in [0.2, 0.25) is 11.9 Å². The van der Waals surface area contributed by atoms with Gasteiger partial charge in [-0.2, -0.15) is 0 Å². The topological polar surface area (TPSA) is 135 Å². The maximum atomic E-state index is 12.3. The molecule has 0 spiro atoms. The highest BCUT2D eigenvalue weighted by atomic mass is 28.3. The highest BCUT2D eigenvalue weighted by Crippen LogP contribution is 2.41. The van der Waals surface area contributed by atoms with Crippen molar-refractivity contribution in [1.29, 1.82) is 0 Å². The van der Waals surface area contributed by atoms with Gasteiger partial charge in [0.1, 0.15) is 20.8 Å². The van der Waals surface area contributed by atoms with E-state index in [-0.39, 0.29) is 5.56 Å². The van der Waals surface area contributed by atoms with Gasteiger partial charge in [-0.25, -0.2) is 0 Å². The number of esters is 4. The summed E-state index contributed by atoms with van der Waals surface area (Å²) < 4.78 is 27.6. The zero-order valence-electron chi connectivity index (χ0n) is 26.4. The SMILES string of the molecule is CC(=O)OC[C@H]1O[C@@](O)(c2ccc(C)c(Cc3ccc(C#C[Si](C)(C)C)cc3)c2)[C@H](OC(C)=O)[C@@H](OC(C)=O)[C@@H]1OC(C)=O. The summed E-state index contributed by atoms with van der Waals surface area (Å²) in [7, 11) is -1.52. The molecule has 1 aliphatic heterocycles. The summed E-state index contributed by atoms with van der Waals surface area (Å²) in [5.74, 6) is -2.16. The van der Waals surface area contributed by atoms with Crippen molar-refractivity contribution in [2.75, 3.05) is 6.61 Å². The van der Waals surface area contributed by atoms with Gasteiger partial charge in [0.15, 0.2) is 12.2 Å². The molecule has 1 N–H and O–H groups in total. The van der Waals surface area contributed by atoms with Gasteiger partial charge < -0.3 is 28.8 Å². The highest BCUT2D eigenvalue weighted by molar-refractivity contribution is 6.83. The van der Waals surface area contributed by atoms with Gasteiger partial charge >= 0.3 is 23.9 Å². The van der Waals surface area contributed by atoms with Crippen LogP contribution in [0.1, 0.15) is 55.5 Å². The first-order valence-corrected chi connectivity index (χ1v) is 17.8. The fourth-order valence-electron chi connectivity index (χ4n) is 4.78. The van der Waals surface area contributed by atoms with E-state index in [1.807, 2.05) is 31.2 Å². The maximum absolute atomic E-state index is 12.3. The lowest BCUT2D eigenvalue weighted by molar-refractivity contribution is -0.360. The van der Waals surface area contributed by atoms with Crippen molar-refractivity contribution in [1.82, 2.24) is 0 Å². The summed E-state index contributed by atoms with van der Waals surface area (Å²) in [4.78, 5) is 48.2. The summed E-state index contributed by atoms with van der Waals surface area (Å²) >= 11 is 0. The van der Waals surface area contributed by atoms with Gasteiger partial charge in [0.25, 0.3) is 0 Å². The molecule has 10 nitrogen and oxygen atoms in total. The van der Waals surface area contributed by atoms with Crippen LogP contribution in [0.5, 0.6) is 0 Å². The fraction of sp³-hybridized carbons (Fsp3) is 0.455. The molecule has 1 fully saturated rings. The van der Waals surface area contributed by atoms with Crippen molar-refractivity contribution in [3.63, 3.8) is 0 Å². The largest absolute Gasteiger partial charge is 0.463 e. The highest BCUT2D eigenvalue weighted by Gasteiger charge is 2.60. The van der Waals surface area contributed by atoms with Crippen molar-refractivity contribution < 1.29 is 48.0 Å². The Morgan fingerprint density at radius 3 is 2.00 bits per heavy atom. The predicted molar refractivity (Wildman–Crippen MR) is 163 cm³/mol. The van der Waals surface area contributed by atoms with Crippen LogP contribution < -0.4 is 0 Å². The smallest absolute Gasteiger partial charge is 0.303 e. The van der Waals surface area contributed by atoms with Crippen LogP contribution in [0, 0.1) is 18.4 Å². The van der Waals surface area contributed by atoms with Crippen LogP contribution in [0.2, 0.25) is 19.6 Å². The van der Waals surface area contributed by atoms with E-state index >= 15 is 0 Å². The Labute approximate surface area is 259 Å². The quantitative estimate of drug-likeness (QED) is 0.200. The van der Waals surface area contributed by atoms with E-state index < -0.39 is 68.8 Å². The van der Waals surface area contributed by atoms with Crippen molar-refractivity contribution in [2.24, 2.45) is 0 Å². The van der Waals surface area contributed by atoms with Crippen molar-refractivity contribution in [3.8, 4) is 11.5 Å². The molecule has 0 saturated carbocycles. The van der Waals surface area contributed by atoms with Crippen molar-refractivity contribution in [2.45, 2.75) is 90.9 Å². The van der Waals surface area contributed by atoms with E-state index in [4.69, 9.17) is 23.7 Å². The first-order chi connectivity index (χ1) is 20.5. The Morgan fingerprint density at radius 1 is 0.864 bits per heavy atom. The molecule has 1 heterocycles. The second-order valence-electron chi connectivity index (χ2n) is 11.8. The molecule has 236 valence electrons. The lowest BCUT2D eigenvalue weighted by Gasteiger charge is -2.48. The number of aryl methyl sites for hydroxylation is 1. The Bertz CT molecular complexity index is 1450. The van der Waals surface area contributed by atoms with E-state index in [1.165, 1.54) is 6.92 Å². The molecule has 2 aromatic rings. The molecule has 0 amide bonds. The first-order valence-electron chi connectivity index (χ1n) is 14.3. The number of benzene rings is 2. The van der Waals surface area contributed by atoms with E-state index in [1.54, 1.807) is 18.2 Å². The number of hydrogen-bond donors (Lipinski definition) is 1. The van der Waals surface area contributed by atoms with Crippen LogP contribution in [-0.2, 0) is 55.1 Å². The standard InChI is InChI=1S/C33H40O10Si/c1-20-9-14-28(18-27(20)17-26-12-10-25(11-13-26)15-16-44(6,7)8)33(38)32(42-24(5)37)31(41-23(4)36)30(40-22(3)35)29(43-33)19-39-21(2)34/h9-14,18,29-32,38H,17,19H2,1-8H3/t29-,30-,31+,32-,33+/m1/s1. The molecular formula is C33H40O10Si. The van der Waals surface area contributed by atoms with Gasteiger partial charge in [-0.15, -0.1) is 5.54 Å². The van der Waals surface area contributed by atoms with Gasteiger partial charge in [0.05, 0.1) is 0 Å². The van der Waals surface area contributed by atoms with Gasteiger partial charge in [-0.1, -0.05) is 49.8 Å². The average Bonchev–Trinajstić information content (AvgIpc) is 2.91. The molecule has 11 heteroatoms. The zero-order chi connectivity index (χ0) is 32.8. The Morgan fingerprint density at radius 2 is 1.45 bits per heavy atom. The van der Waals surface area contributed by atoms with Crippen molar-refractivity contribution >= 4 is 32.0 Å². The van der Waals surface area contributed by atoms with Crippen LogP contribution in [0.3, 0.4) is 0 Å². The summed E-state index contributed by atoms with van der Waals surface area (Å²) in [5.41, 5.74) is 7.22. The predicted octanol–water partition coefficient (Wildman–Crippen LogP) is 3.72. The zero-order valence-corrected chi connectivity index (χ0v) is 27.4. The average molecular weight is 625 g/mol. The molecule has 0 aromatic heterocycles. The normalized spacial score (nSPS) is 23.0. The lowest BCUT2D eigenvalue weighted by atomic mass is 9.85. The minimum absolute atomic E-state index is 0.188. The minimum atomic E-state index is -2.40. The van der Waals surface area contributed by atoms with Gasteiger partial charge in [-0.3, -0.25) is 19.2 Å².